The number of imide groups is 1. The molecule has 0 saturated carbocycles. The van der Waals surface area contributed by atoms with Gasteiger partial charge in [0.25, 0.3) is 5.91 Å². The Morgan fingerprint density at radius 3 is 2.68 bits per heavy atom. The van der Waals surface area contributed by atoms with Gasteiger partial charge in [-0.05, 0) is 31.2 Å². The van der Waals surface area contributed by atoms with Gasteiger partial charge in [0.05, 0.1) is 10.6 Å². The molecule has 2 N–H and O–H groups in total. The number of ether oxygens (including phenoxy) is 3. The minimum atomic E-state index is -1.00. The van der Waals surface area contributed by atoms with E-state index in [1.165, 1.54) is 19.1 Å². The number of hydrogen-bond donors (Lipinski definition) is 2. The number of aromatic nitrogens is 1. The van der Waals surface area contributed by atoms with Crippen molar-refractivity contribution in [2.24, 2.45) is 0 Å². The van der Waals surface area contributed by atoms with Crippen LogP contribution in [0.2, 0.25) is 5.02 Å². The Morgan fingerprint density at radius 1 is 1.15 bits per heavy atom. The van der Waals surface area contributed by atoms with Crippen LogP contribution in [0.5, 0.6) is 11.5 Å². The molecule has 1 aromatic heterocycles. The maximum atomic E-state index is 14.3. The molecule has 0 saturated heterocycles. The lowest BCUT2D eigenvalue weighted by Crippen LogP contribution is -2.37. The number of fused-ring (bicyclic) bond motifs is 1. The van der Waals surface area contributed by atoms with Crippen LogP contribution in [0, 0.1) is 12.7 Å². The van der Waals surface area contributed by atoms with Crippen molar-refractivity contribution in [3.8, 4) is 22.8 Å². The highest BCUT2D eigenvalue weighted by molar-refractivity contribution is 6.33. The predicted molar refractivity (Wildman–Crippen MR) is 117 cm³/mol. The van der Waals surface area contributed by atoms with Gasteiger partial charge in [0, 0.05) is 11.8 Å². The van der Waals surface area contributed by atoms with E-state index < -0.39 is 30.3 Å². The van der Waals surface area contributed by atoms with Gasteiger partial charge in [-0.25, -0.2) is 14.0 Å². The first kappa shape index (κ1) is 23.1. The molecule has 2 heterocycles. The number of benzene rings is 2. The number of urea groups is 1. The quantitative estimate of drug-likeness (QED) is 0.519. The second-order valence-corrected chi connectivity index (χ2v) is 7.40. The zero-order valence-corrected chi connectivity index (χ0v) is 18.4. The standard InChI is InChI=1S/C22H17ClFN3O7/c1-11-18(20(27-34-11)19-13(23)3-2-4-14(19)24)21(29)33-10-17(28)26-22(30)25-12-5-6-15-16(9-12)32-8-7-31-15/h2-6,9H,7-8,10H2,1H3,(H2,25,26,28,30). The zero-order valence-electron chi connectivity index (χ0n) is 17.6. The van der Waals surface area contributed by atoms with Gasteiger partial charge in [-0.3, -0.25) is 10.1 Å². The van der Waals surface area contributed by atoms with Crippen molar-refractivity contribution < 1.29 is 37.5 Å². The van der Waals surface area contributed by atoms with Gasteiger partial charge in [0.2, 0.25) is 0 Å². The summed E-state index contributed by atoms with van der Waals surface area (Å²) in [6, 6.07) is 7.85. The number of amides is 3. The van der Waals surface area contributed by atoms with Gasteiger partial charge >= 0.3 is 12.0 Å². The smallest absolute Gasteiger partial charge is 0.344 e. The van der Waals surface area contributed by atoms with Gasteiger partial charge in [0.15, 0.2) is 18.1 Å². The molecule has 12 heteroatoms. The van der Waals surface area contributed by atoms with Crippen LogP contribution in [0.3, 0.4) is 0 Å². The number of rotatable bonds is 5. The molecule has 3 aromatic rings. The summed E-state index contributed by atoms with van der Waals surface area (Å²) in [4.78, 5) is 36.7. The summed E-state index contributed by atoms with van der Waals surface area (Å²) in [5, 5.41) is 8.20. The largest absolute Gasteiger partial charge is 0.486 e. The number of aryl methyl sites for hydroxylation is 1. The van der Waals surface area contributed by atoms with Crippen LogP contribution in [-0.2, 0) is 9.53 Å². The van der Waals surface area contributed by atoms with Gasteiger partial charge < -0.3 is 24.1 Å². The first-order valence-electron chi connectivity index (χ1n) is 9.91. The summed E-state index contributed by atoms with van der Waals surface area (Å²) < 4.78 is 35.1. The minimum absolute atomic E-state index is 0.0101. The van der Waals surface area contributed by atoms with E-state index >= 15 is 0 Å². The number of nitrogens with zero attached hydrogens (tertiary/aromatic N) is 1. The van der Waals surface area contributed by atoms with Crippen molar-refractivity contribution in [1.29, 1.82) is 0 Å². The third kappa shape index (κ3) is 4.94. The van der Waals surface area contributed by atoms with Gasteiger partial charge in [-0.1, -0.05) is 22.8 Å². The number of anilines is 1. The lowest BCUT2D eigenvalue weighted by molar-refractivity contribution is -0.123. The van der Waals surface area contributed by atoms with E-state index in [1.807, 2.05) is 5.32 Å². The second-order valence-electron chi connectivity index (χ2n) is 7.00. The van der Waals surface area contributed by atoms with E-state index in [0.717, 1.165) is 6.07 Å². The Morgan fingerprint density at radius 2 is 1.91 bits per heavy atom. The Labute approximate surface area is 196 Å². The number of nitrogens with one attached hydrogen (secondary N) is 2. The Kier molecular flexibility index (Phi) is 6.64. The van der Waals surface area contributed by atoms with Crippen LogP contribution in [0.4, 0.5) is 14.9 Å². The molecule has 1 aliphatic rings. The number of carbonyl (C=O) groups excluding carboxylic acids is 3. The molecule has 0 atom stereocenters. The Hall–Kier alpha value is -4.12. The normalized spacial score (nSPS) is 12.1. The lowest BCUT2D eigenvalue weighted by Gasteiger charge is -2.19. The van der Waals surface area contributed by atoms with Crippen molar-refractivity contribution in [3.05, 3.63) is 58.6 Å². The van der Waals surface area contributed by atoms with Crippen molar-refractivity contribution in [3.63, 3.8) is 0 Å². The van der Waals surface area contributed by atoms with Crippen LogP contribution >= 0.6 is 11.6 Å². The van der Waals surface area contributed by atoms with E-state index in [-0.39, 0.29) is 27.6 Å². The fourth-order valence-corrected chi connectivity index (χ4v) is 3.41. The Balaban J connectivity index is 1.36. The summed E-state index contributed by atoms with van der Waals surface area (Å²) in [6.45, 7) is 1.44. The van der Waals surface area contributed by atoms with Crippen LogP contribution in [0.15, 0.2) is 40.9 Å². The summed E-state index contributed by atoms with van der Waals surface area (Å²) in [5.74, 6) is -1.59. The topological polar surface area (TPSA) is 129 Å². The Bertz CT molecular complexity index is 1260. The van der Waals surface area contributed by atoms with Gasteiger partial charge in [0.1, 0.15) is 36.0 Å². The number of carbonyl (C=O) groups is 3. The van der Waals surface area contributed by atoms with Gasteiger partial charge in [-0.15, -0.1) is 0 Å². The maximum absolute atomic E-state index is 14.3. The first-order valence-corrected chi connectivity index (χ1v) is 10.3. The molecule has 10 nitrogen and oxygen atoms in total. The molecule has 4 rings (SSSR count). The maximum Gasteiger partial charge on any atom is 0.344 e. The zero-order chi connectivity index (χ0) is 24.2. The fraction of sp³-hybridized carbons (Fsp3) is 0.182. The summed E-state index contributed by atoms with van der Waals surface area (Å²) in [6.07, 6.45) is 0. The van der Waals surface area contributed by atoms with Crippen molar-refractivity contribution in [1.82, 2.24) is 10.5 Å². The van der Waals surface area contributed by atoms with Crippen LogP contribution in [0.25, 0.3) is 11.3 Å². The van der Waals surface area contributed by atoms with E-state index in [9.17, 15) is 18.8 Å². The molecular formula is C22H17ClFN3O7. The molecule has 0 aliphatic carbocycles. The van der Waals surface area contributed by atoms with E-state index in [2.05, 4.69) is 10.5 Å². The molecule has 34 heavy (non-hydrogen) atoms. The predicted octanol–water partition coefficient (Wildman–Crippen LogP) is 3.72. The van der Waals surface area contributed by atoms with Gasteiger partial charge in [-0.2, -0.15) is 0 Å². The average molecular weight is 490 g/mol. The number of esters is 1. The molecule has 0 unspecified atom stereocenters. The average Bonchev–Trinajstić information content (AvgIpc) is 3.18. The molecular weight excluding hydrogens is 473 g/mol. The number of halogens is 2. The molecule has 1 aliphatic heterocycles. The van der Waals surface area contributed by atoms with E-state index in [1.54, 1.807) is 18.2 Å². The summed E-state index contributed by atoms with van der Waals surface area (Å²) in [5.41, 5.74) is -0.142. The minimum Gasteiger partial charge on any atom is -0.486 e. The molecule has 2 aromatic carbocycles. The van der Waals surface area contributed by atoms with Crippen LogP contribution < -0.4 is 20.1 Å². The van der Waals surface area contributed by atoms with Crippen LogP contribution in [0.1, 0.15) is 16.1 Å². The first-order chi connectivity index (χ1) is 16.3. The number of hydrogen-bond acceptors (Lipinski definition) is 8. The molecule has 0 fully saturated rings. The SMILES string of the molecule is Cc1onc(-c2c(F)cccc2Cl)c1C(=O)OCC(=O)NC(=O)Nc1ccc2c(c1)OCCO2. The highest BCUT2D eigenvalue weighted by atomic mass is 35.5. The molecule has 0 radical (unpaired) electrons. The van der Waals surface area contributed by atoms with E-state index in [0.29, 0.717) is 30.4 Å². The summed E-state index contributed by atoms with van der Waals surface area (Å²) in [7, 11) is 0. The van der Waals surface area contributed by atoms with Crippen molar-refractivity contribution in [2.75, 3.05) is 25.1 Å². The highest BCUT2D eigenvalue weighted by Crippen LogP contribution is 2.34. The molecule has 176 valence electrons. The molecule has 0 spiro atoms. The summed E-state index contributed by atoms with van der Waals surface area (Å²) >= 11 is 6.04. The molecule has 3 amide bonds. The third-order valence-corrected chi connectivity index (χ3v) is 4.97. The third-order valence-electron chi connectivity index (χ3n) is 4.65. The van der Waals surface area contributed by atoms with Crippen molar-refractivity contribution >= 4 is 35.2 Å². The monoisotopic (exact) mass is 489 g/mol. The fourth-order valence-electron chi connectivity index (χ4n) is 3.16. The van der Waals surface area contributed by atoms with Crippen LogP contribution in [-0.4, -0.2) is 42.9 Å². The van der Waals surface area contributed by atoms with Crippen molar-refractivity contribution in [2.45, 2.75) is 6.92 Å². The highest BCUT2D eigenvalue weighted by Gasteiger charge is 2.27. The molecule has 0 bridgehead atoms. The second kappa shape index (κ2) is 9.79. The van der Waals surface area contributed by atoms with E-state index in [4.69, 9.17) is 30.3 Å². The lowest BCUT2D eigenvalue weighted by atomic mass is 10.1.